The maximum Gasteiger partial charge on any atom is 0.296 e. The first-order chi connectivity index (χ1) is 12.6. The largest absolute Gasteiger partial charge is 0.496 e. The Balaban J connectivity index is 1.95. The van der Waals surface area contributed by atoms with Gasteiger partial charge in [-0.1, -0.05) is 13.8 Å². The highest BCUT2D eigenvalue weighted by Crippen LogP contribution is 2.38. The number of nitrogens with one attached hydrogen (secondary N) is 1. The number of fused-ring (bicyclic) bond motifs is 1. The first-order valence-corrected chi connectivity index (χ1v) is 8.42. The van der Waals surface area contributed by atoms with Gasteiger partial charge in [0.05, 0.1) is 23.7 Å². The van der Waals surface area contributed by atoms with Gasteiger partial charge < -0.3 is 14.5 Å². The van der Waals surface area contributed by atoms with Crippen molar-refractivity contribution >= 4 is 23.1 Å². The van der Waals surface area contributed by atoms with Crippen LogP contribution in [-0.2, 0) is 6.42 Å². The van der Waals surface area contributed by atoms with Crippen LogP contribution in [0.5, 0.6) is 5.75 Å². The number of ether oxygens (including phenoxy) is 1. The van der Waals surface area contributed by atoms with Crippen LogP contribution in [0.4, 0.5) is 11.4 Å². The van der Waals surface area contributed by atoms with Gasteiger partial charge in [-0.25, -0.2) is 0 Å². The van der Waals surface area contributed by atoms with Crippen LogP contribution in [0, 0.1) is 22.5 Å². The maximum atomic E-state index is 12.7. The van der Waals surface area contributed by atoms with Crippen LogP contribution in [0.2, 0.25) is 0 Å². The van der Waals surface area contributed by atoms with Crippen LogP contribution in [0.1, 0.15) is 52.5 Å². The molecule has 0 fully saturated rings. The Morgan fingerprint density at radius 2 is 2.04 bits per heavy atom. The van der Waals surface area contributed by atoms with Crippen molar-refractivity contribution in [1.29, 1.82) is 0 Å². The molecule has 0 bridgehead atoms. The van der Waals surface area contributed by atoms with Gasteiger partial charge in [-0.05, 0) is 24.5 Å². The van der Waals surface area contributed by atoms with E-state index in [4.69, 9.17) is 9.15 Å². The van der Waals surface area contributed by atoms with Gasteiger partial charge in [0.15, 0.2) is 11.5 Å². The number of rotatable bonds is 4. The number of nitro groups is 1. The summed E-state index contributed by atoms with van der Waals surface area (Å²) in [5, 5.41) is 13.8. The standard InChI is InChI=1S/C19H20N2O6/c1-10-16-14(22)8-19(2,3)9-15(16)27-17(10)18(23)20-12-6-5-11(26-4)7-13(12)21(24)25/h5-7H,8-9H2,1-4H3,(H,20,23). The highest BCUT2D eigenvalue weighted by atomic mass is 16.6. The highest BCUT2D eigenvalue weighted by molar-refractivity contribution is 6.08. The third-order valence-corrected chi connectivity index (χ3v) is 4.63. The minimum Gasteiger partial charge on any atom is -0.496 e. The van der Waals surface area contributed by atoms with E-state index in [-0.39, 0.29) is 28.3 Å². The zero-order valence-corrected chi connectivity index (χ0v) is 15.5. The number of methoxy groups -OCH3 is 1. The zero-order chi connectivity index (χ0) is 19.9. The number of hydrogen-bond donors (Lipinski definition) is 1. The first kappa shape index (κ1) is 18.6. The lowest BCUT2D eigenvalue weighted by atomic mass is 9.76. The molecule has 1 amide bonds. The number of benzene rings is 1. The van der Waals surface area contributed by atoms with E-state index in [2.05, 4.69) is 5.32 Å². The van der Waals surface area contributed by atoms with Gasteiger partial charge >= 0.3 is 0 Å². The fourth-order valence-electron chi connectivity index (χ4n) is 3.37. The average molecular weight is 372 g/mol. The van der Waals surface area contributed by atoms with Crippen LogP contribution in [0.15, 0.2) is 22.6 Å². The van der Waals surface area contributed by atoms with E-state index >= 15 is 0 Å². The van der Waals surface area contributed by atoms with Crippen molar-refractivity contribution in [2.75, 3.05) is 12.4 Å². The second-order valence-corrected chi connectivity index (χ2v) is 7.39. The second-order valence-electron chi connectivity index (χ2n) is 7.39. The van der Waals surface area contributed by atoms with Gasteiger partial charge in [0.25, 0.3) is 11.6 Å². The van der Waals surface area contributed by atoms with Gasteiger partial charge in [-0.3, -0.25) is 19.7 Å². The molecule has 0 atom stereocenters. The third-order valence-electron chi connectivity index (χ3n) is 4.63. The quantitative estimate of drug-likeness (QED) is 0.643. The lowest BCUT2D eigenvalue weighted by Gasteiger charge is -2.27. The molecule has 1 aliphatic carbocycles. The molecule has 8 heteroatoms. The van der Waals surface area contributed by atoms with Crippen LogP contribution in [-0.4, -0.2) is 23.7 Å². The molecule has 1 heterocycles. The molecule has 2 aromatic rings. The molecule has 0 aliphatic heterocycles. The maximum absolute atomic E-state index is 12.7. The Bertz CT molecular complexity index is 957. The number of nitrogens with zero attached hydrogens (tertiary/aromatic N) is 1. The van der Waals surface area contributed by atoms with Crippen LogP contribution in [0.3, 0.4) is 0 Å². The van der Waals surface area contributed by atoms with E-state index in [1.165, 1.54) is 25.3 Å². The molecule has 0 unspecified atom stereocenters. The minimum atomic E-state index is -0.638. The Labute approximate surface area is 155 Å². The molecule has 1 aliphatic rings. The number of Topliss-reactive ketones (excluding diaryl/α,β-unsaturated/α-hetero) is 1. The number of carbonyl (C=O) groups is 2. The molecule has 0 saturated carbocycles. The predicted octanol–water partition coefficient (Wildman–Crippen LogP) is 3.91. The molecule has 0 radical (unpaired) electrons. The highest BCUT2D eigenvalue weighted by Gasteiger charge is 2.37. The monoisotopic (exact) mass is 372 g/mol. The molecular formula is C19H20N2O6. The average Bonchev–Trinajstić information content (AvgIpc) is 2.90. The molecule has 27 heavy (non-hydrogen) atoms. The Morgan fingerprint density at radius 1 is 1.33 bits per heavy atom. The van der Waals surface area contributed by atoms with E-state index in [1.54, 1.807) is 6.92 Å². The molecule has 3 rings (SSSR count). The van der Waals surface area contributed by atoms with Crippen molar-refractivity contribution in [2.24, 2.45) is 5.41 Å². The van der Waals surface area contributed by atoms with Crippen LogP contribution < -0.4 is 10.1 Å². The first-order valence-electron chi connectivity index (χ1n) is 8.42. The predicted molar refractivity (Wildman–Crippen MR) is 97.5 cm³/mol. The summed E-state index contributed by atoms with van der Waals surface area (Å²) in [6.07, 6.45) is 0.927. The van der Waals surface area contributed by atoms with Crippen LogP contribution >= 0.6 is 0 Å². The number of ketones is 1. The third kappa shape index (κ3) is 3.42. The molecule has 1 aromatic heterocycles. The van der Waals surface area contributed by atoms with Gasteiger partial charge in [0.2, 0.25) is 0 Å². The van der Waals surface area contributed by atoms with Crippen molar-refractivity contribution in [3.05, 3.63) is 51.0 Å². The fourth-order valence-corrected chi connectivity index (χ4v) is 3.37. The minimum absolute atomic E-state index is 0.00355. The van der Waals surface area contributed by atoms with Gasteiger partial charge in [-0.15, -0.1) is 0 Å². The number of anilines is 1. The lowest BCUT2D eigenvalue weighted by molar-refractivity contribution is -0.384. The molecule has 8 nitrogen and oxygen atoms in total. The molecular weight excluding hydrogens is 352 g/mol. The summed E-state index contributed by atoms with van der Waals surface area (Å²) in [5.74, 6) is 0.0919. The lowest BCUT2D eigenvalue weighted by Crippen LogP contribution is -2.26. The molecule has 0 saturated heterocycles. The normalized spacial score (nSPS) is 15.2. The summed E-state index contributed by atoms with van der Waals surface area (Å²) in [7, 11) is 1.40. The second kappa shape index (κ2) is 6.53. The van der Waals surface area contributed by atoms with Gasteiger partial charge in [-0.2, -0.15) is 0 Å². The molecule has 1 N–H and O–H groups in total. The van der Waals surface area contributed by atoms with E-state index in [1.807, 2.05) is 13.8 Å². The summed E-state index contributed by atoms with van der Waals surface area (Å²) in [6, 6.07) is 4.12. The fraction of sp³-hybridized carbons (Fsp3) is 0.368. The smallest absolute Gasteiger partial charge is 0.296 e. The zero-order valence-electron chi connectivity index (χ0n) is 15.5. The topological polar surface area (TPSA) is 112 Å². The van der Waals surface area contributed by atoms with E-state index in [9.17, 15) is 19.7 Å². The Hall–Kier alpha value is -3.16. The van der Waals surface area contributed by atoms with Crippen molar-refractivity contribution < 1.29 is 23.7 Å². The van der Waals surface area contributed by atoms with E-state index < -0.39 is 10.8 Å². The van der Waals surface area contributed by atoms with Crippen molar-refractivity contribution in [1.82, 2.24) is 0 Å². The summed E-state index contributed by atoms with van der Waals surface area (Å²) >= 11 is 0. The van der Waals surface area contributed by atoms with Crippen LogP contribution in [0.25, 0.3) is 0 Å². The summed E-state index contributed by atoms with van der Waals surface area (Å²) in [6.45, 7) is 5.58. The van der Waals surface area contributed by atoms with Crippen molar-refractivity contribution in [3.8, 4) is 5.75 Å². The number of amides is 1. The van der Waals surface area contributed by atoms with Gasteiger partial charge in [0.1, 0.15) is 17.2 Å². The Morgan fingerprint density at radius 3 is 2.67 bits per heavy atom. The van der Waals surface area contributed by atoms with E-state index in [0.717, 1.165) is 0 Å². The van der Waals surface area contributed by atoms with Gasteiger partial charge in [0, 0.05) is 18.4 Å². The molecule has 142 valence electrons. The number of carbonyl (C=O) groups excluding carboxylic acids is 2. The summed E-state index contributed by atoms with van der Waals surface area (Å²) in [4.78, 5) is 35.8. The van der Waals surface area contributed by atoms with Crippen molar-refractivity contribution in [3.63, 3.8) is 0 Å². The summed E-state index contributed by atoms with van der Waals surface area (Å²) in [5.41, 5.74) is 0.389. The SMILES string of the molecule is COc1ccc(NC(=O)c2oc3c(c2C)C(=O)CC(C)(C)C3)c([N+](=O)[O-])c1. The number of hydrogen-bond acceptors (Lipinski definition) is 6. The number of nitro benzene ring substituents is 1. The summed E-state index contributed by atoms with van der Waals surface area (Å²) < 4.78 is 10.7. The number of furan rings is 1. The van der Waals surface area contributed by atoms with Crippen molar-refractivity contribution in [2.45, 2.75) is 33.6 Å². The molecule has 1 aromatic carbocycles. The Kier molecular flexibility index (Phi) is 4.51. The van der Waals surface area contributed by atoms with E-state index in [0.29, 0.717) is 35.5 Å². The molecule has 0 spiro atoms.